The van der Waals surface area contributed by atoms with Crippen LogP contribution >= 0.6 is 46.4 Å². The van der Waals surface area contributed by atoms with E-state index in [2.05, 4.69) is 0 Å². The molecule has 0 N–H and O–H groups in total. The largest absolute Gasteiger partial charge is 0.417 e. The maximum atomic E-state index is 14.6. The Morgan fingerprint density at radius 1 is 0.553 bits per heavy atom. The summed E-state index contributed by atoms with van der Waals surface area (Å²) in [6.45, 7) is 0. The summed E-state index contributed by atoms with van der Waals surface area (Å²) in [4.78, 5) is 0. The van der Waals surface area contributed by atoms with E-state index in [1.54, 1.807) is 0 Å². The van der Waals surface area contributed by atoms with Gasteiger partial charge in [-0.15, -0.1) is 0 Å². The lowest BCUT2D eigenvalue weighted by molar-refractivity contribution is -0.138. The lowest BCUT2D eigenvalue weighted by atomic mass is 10.0. The predicted molar refractivity (Wildman–Crippen MR) is 168 cm³/mol. The van der Waals surface area contributed by atoms with Crippen LogP contribution in [0.2, 0.25) is 20.1 Å². The normalized spacial score (nSPS) is 14.2. The molecule has 0 bridgehead atoms. The van der Waals surface area contributed by atoms with Crippen LogP contribution in [-0.4, -0.2) is 8.42 Å². The summed E-state index contributed by atoms with van der Waals surface area (Å²) in [5.41, 5.74) is -4.32. The Morgan fingerprint density at radius 2 is 0.915 bits per heavy atom. The van der Waals surface area contributed by atoms with Gasteiger partial charge in [0.15, 0.2) is 9.84 Å². The van der Waals surface area contributed by atoms with E-state index in [4.69, 9.17) is 46.4 Å². The van der Waals surface area contributed by atoms with Crippen LogP contribution in [0.5, 0.6) is 0 Å². The van der Waals surface area contributed by atoms with Gasteiger partial charge in [-0.2, -0.15) is 26.3 Å². The molecule has 0 radical (unpaired) electrons. The number of hydrogen-bond donors (Lipinski definition) is 0. The first-order valence-electron chi connectivity index (χ1n) is 13.0. The lowest BCUT2D eigenvalue weighted by Crippen LogP contribution is -2.20. The molecule has 2 nitrogen and oxygen atoms in total. The van der Waals surface area contributed by atoms with Gasteiger partial charge in [-0.25, -0.2) is 17.2 Å². The van der Waals surface area contributed by atoms with Gasteiger partial charge < -0.3 is 0 Å². The van der Waals surface area contributed by atoms with E-state index in [1.807, 2.05) is 0 Å². The Kier molecular flexibility index (Phi) is 11.1. The van der Waals surface area contributed by atoms with Gasteiger partial charge in [0, 0.05) is 20.1 Å². The van der Waals surface area contributed by atoms with Gasteiger partial charge in [-0.1, -0.05) is 95.0 Å². The molecular formula is C32H18Cl4F8O2S. The number of rotatable bonds is 8. The van der Waals surface area contributed by atoms with Crippen molar-refractivity contribution in [3.05, 3.63) is 150 Å². The molecule has 4 aromatic rings. The van der Waals surface area contributed by atoms with Crippen molar-refractivity contribution in [2.24, 2.45) is 0 Å². The van der Waals surface area contributed by atoms with Crippen LogP contribution in [0.15, 0.2) is 84.9 Å². The number of alkyl halides is 6. The van der Waals surface area contributed by atoms with E-state index in [0.717, 1.165) is 48.6 Å². The molecule has 0 fully saturated rings. The Hall–Kier alpha value is -3.09. The van der Waals surface area contributed by atoms with Crippen molar-refractivity contribution in [2.75, 3.05) is 0 Å². The summed E-state index contributed by atoms with van der Waals surface area (Å²) in [6, 6.07) is 10.9. The highest BCUT2D eigenvalue weighted by Crippen LogP contribution is 2.43. The smallest absolute Gasteiger partial charge is 0.227 e. The van der Waals surface area contributed by atoms with Crippen molar-refractivity contribution in [3.63, 3.8) is 0 Å². The summed E-state index contributed by atoms with van der Waals surface area (Å²) < 4.78 is 139. The van der Waals surface area contributed by atoms with Crippen LogP contribution in [0.25, 0.3) is 12.2 Å². The van der Waals surface area contributed by atoms with Gasteiger partial charge in [-0.05, 0) is 70.8 Å². The van der Waals surface area contributed by atoms with E-state index in [0.29, 0.717) is 0 Å². The van der Waals surface area contributed by atoms with Crippen LogP contribution in [0.3, 0.4) is 0 Å². The van der Waals surface area contributed by atoms with Gasteiger partial charge in [-0.3, -0.25) is 0 Å². The van der Waals surface area contributed by atoms with Crippen molar-refractivity contribution >= 4 is 68.4 Å². The molecule has 4 aromatic carbocycles. The molecule has 15 heteroatoms. The molecule has 47 heavy (non-hydrogen) atoms. The average Bonchev–Trinajstić information content (AvgIpc) is 2.95. The third-order valence-electron chi connectivity index (χ3n) is 6.79. The van der Waals surface area contributed by atoms with Crippen molar-refractivity contribution in [1.82, 2.24) is 0 Å². The Balaban J connectivity index is 1.98. The summed E-state index contributed by atoms with van der Waals surface area (Å²) in [5, 5.41) is -4.01. The molecular weight excluding hydrogens is 742 g/mol. The molecule has 4 rings (SSSR count). The zero-order valence-electron chi connectivity index (χ0n) is 23.2. The molecule has 0 saturated carbocycles. The van der Waals surface area contributed by atoms with Crippen molar-refractivity contribution in [3.8, 4) is 0 Å². The second kappa shape index (κ2) is 14.2. The van der Waals surface area contributed by atoms with Crippen LogP contribution in [0, 0.1) is 11.6 Å². The molecule has 0 aromatic heterocycles. The lowest BCUT2D eigenvalue weighted by Gasteiger charge is -2.23. The molecule has 2 atom stereocenters. The highest BCUT2D eigenvalue weighted by atomic mass is 35.5. The van der Waals surface area contributed by atoms with Gasteiger partial charge in [0.25, 0.3) is 0 Å². The monoisotopic (exact) mass is 758 g/mol. The number of benzene rings is 4. The van der Waals surface area contributed by atoms with Gasteiger partial charge in [0.1, 0.15) is 22.1 Å². The molecule has 248 valence electrons. The van der Waals surface area contributed by atoms with E-state index in [-0.39, 0.29) is 43.4 Å². The quantitative estimate of drug-likeness (QED) is 0.168. The molecule has 2 unspecified atom stereocenters. The molecule has 0 heterocycles. The number of sulfone groups is 1. The fourth-order valence-corrected chi connectivity index (χ4v) is 7.84. The first-order valence-corrected chi connectivity index (χ1v) is 16.1. The zero-order valence-corrected chi connectivity index (χ0v) is 27.0. The van der Waals surface area contributed by atoms with Crippen molar-refractivity contribution in [1.29, 1.82) is 0 Å². The third-order valence-corrected chi connectivity index (χ3v) is 10.2. The predicted octanol–water partition coefficient (Wildman–Crippen LogP) is 12.2. The first kappa shape index (κ1) is 36.7. The van der Waals surface area contributed by atoms with Crippen molar-refractivity contribution in [2.45, 2.75) is 22.9 Å². The van der Waals surface area contributed by atoms with E-state index in [1.165, 1.54) is 36.4 Å². The summed E-state index contributed by atoms with van der Waals surface area (Å²) >= 11 is 24.7. The highest BCUT2D eigenvalue weighted by molar-refractivity contribution is 7.92. The fourth-order valence-electron chi connectivity index (χ4n) is 4.62. The van der Waals surface area contributed by atoms with Crippen molar-refractivity contribution < 1.29 is 43.5 Å². The first-order chi connectivity index (χ1) is 21.8. The standard InChI is InChI=1S/C32H18Cl4F8O2S/c33-19-5-9-23(27(35)13-19)29(11-3-17-1-7-21(37)15-25(17)31(39,40)41)47(45,46)30(24-10-6-20(34)14-28(24)36)12-4-18-2-8-22(38)16-26(18)32(42,43)44/h1-16,29-30H. The molecule has 0 spiro atoms. The molecule has 0 amide bonds. The van der Waals surface area contributed by atoms with Crippen LogP contribution in [-0.2, 0) is 22.2 Å². The van der Waals surface area contributed by atoms with Gasteiger partial charge in [0.05, 0.1) is 11.1 Å². The maximum Gasteiger partial charge on any atom is 0.417 e. The second-order valence-electron chi connectivity index (χ2n) is 9.94. The third kappa shape index (κ3) is 8.69. The Morgan fingerprint density at radius 3 is 1.23 bits per heavy atom. The summed E-state index contributed by atoms with van der Waals surface area (Å²) in [7, 11) is -4.83. The molecule has 0 aliphatic heterocycles. The number of halogens is 12. The van der Waals surface area contributed by atoms with E-state index >= 15 is 0 Å². The van der Waals surface area contributed by atoms with Gasteiger partial charge >= 0.3 is 12.4 Å². The fraction of sp³-hybridized carbons (Fsp3) is 0.125. The van der Waals surface area contributed by atoms with Crippen LogP contribution in [0.1, 0.15) is 43.9 Å². The summed E-state index contributed by atoms with van der Waals surface area (Å²) in [6.07, 6.45) is -6.70. The minimum Gasteiger partial charge on any atom is -0.227 e. The Bertz CT molecular complexity index is 1840. The SMILES string of the molecule is O=S(=O)(C(C=Cc1ccc(F)cc1C(F)(F)F)c1ccc(Cl)cc1Cl)C(C=Cc1ccc(F)cc1C(F)(F)F)c1ccc(Cl)cc1Cl. The van der Waals surface area contributed by atoms with Gasteiger partial charge in [0.2, 0.25) is 0 Å². The highest BCUT2D eigenvalue weighted by Gasteiger charge is 2.38. The topological polar surface area (TPSA) is 34.1 Å². The number of hydrogen-bond acceptors (Lipinski definition) is 2. The minimum atomic E-state index is -5.03. The molecule has 0 saturated heterocycles. The zero-order chi connectivity index (χ0) is 34.9. The van der Waals surface area contributed by atoms with Crippen LogP contribution in [0.4, 0.5) is 35.1 Å². The molecule has 0 aliphatic rings. The Labute approximate surface area is 283 Å². The average molecular weight is 760 g/mol. The van der Waals surface area contributed by atoms with Crippen LogP contribution < -0.4 is 0 Å². The summed E-state index contributed by atoms with van der Waals surface area (Å²) in [5.74, 6) is -2.39. The minimum absolute atomic E-state index is 0.0879. The van der Waals surface area contributed by atoms with E-state index < -0.39 is 66.6 Å². The molecule has 0 aliphatic carbocycles. The maximum absolute atomic E-state index is 14.6. The second-order valence-corrected chi connectivity index (χ2v) is 13.8. The van der Waals surface area contributed by atoms with E-state index in [9.17, 15) is 43.5 Å².